The van der Waals surface area contributed by atoms with E-state index in [0.29, 0.717) is 15.4 Å². The van der Waals surface area contributed by atoms with Gasteiger partial charge >= 0.3 is 5.97 Å². The molecule has 0 bridgehead atoms. The maximum absolute atomic E-state index is 13.3. The Morgan fingerprint density at radius 2 is 1.79 bits per heavy atom. The summed E-state index contributed by atoms with van der Waals surface area (Å²) in [6.45, 7) is 4.84. The van der Waals surface area contributed by atoms with Crippen LogP contribution in [0.3, 0.4) is 0 Å². The first-order valence-electron chi connectivity index (χ1n) is 10.0. The first kappa shape index (κ1) is 23.4. The molecule has 1 amide bonds. The Balaban J connectivity index is 1.71. The van der Waals surface area contributed by atoms with Crippen molar-refractivity contribution in [3.63, 3.8) is 0 Å². The van der Waals surface area contributed by atoms with Gasteiger partial charge in [-0.05, 0) is 60.4 Å². The second-order valence-corrected chi connectivity index (χ2v) is 10.6. The van der Waals surface area contributed by atoms with Gasteiger partial charge < -0.3 is 9.72 Å². The minimum Gasteiger partial charge on any atom is -0.439 e. The lowest BCUT2D eigenvalue weighted by molar-refractivity contribution is 0.0358. The molecular formula is C23H20Cl2N2O5S. The third-order valence-electron chi connectivity index (χ3n) is 5.39. The summed E-state index contributed by atoms with van der Waals surface area (Å²) in [6, 6.07) is 11.5. The maximum Gasteiger partial charge on any atom is 0.342 e. The van der Waals surface area contributed by atoms with Crippen LogP contribution >= 0.6 is 23.2 Å². The third kappa shape index (κ3) is 4.03. The second-order valence-electron chi connectivity index (χ2n) is 7.96. The second kappa shape index (κ2) is 8.52. The van der Waals surface area contributed by atoms with Crippen molar-refractivity contribution in [3.05, 3.63) is 74.9 Å². The number of H-pyrrole nitrogens is 1. The number of carbonyl (C=O) groups is 2. The first-order chi connectivity index (χ1) is 15.5. The summed E-state index contributed by atoms with van der Waals surface area (Å²) in [5.41, 5.74) is 2.87. The zero-order chi connectivity index (χ0) is 24.1. The van der Waals surface area contributed by atoms with Crippen LogP contribution in [-0.4, -0.2) is 36.3 Å². The topological polar surface area (TPSA) is 96.5 Å². The van der Waals surface area contributed by atoms with Crippen molar-refractivity contribution in [2.24, 2.45) is 0 Å². The molecular weight excluding hydrogens is 487 g/mol. The molecule has 2 aromatic carbocycles. The van der Waals surface area contributed by atoms with E-state index < -0.39 is 28.6 Å². The highest BCUT2D eigenvalue weighted by atomic mass is 35.5. The lowest BCUT2D eigenvalue weighted by atomic mass is 9.93. The fraction of sp³-hybridized carbons (Fsp3) is 0.217. The molecule has 1 N–H and O–H groups in total. The van der Waals surface area contributed by atoms with Crippen LogP contribution in [0.2, 0.25) is 10.0 Å². The summed E-state index contributed by atoms with van der Waals surface area (Å²) in [6.07, 6.45) is 0. The molecule has 33 heavy (non-hydrogen) atoms. The molecule has 10 heteroatoms. The van der Waals surface area contributed by atoms with E-state index >= 15 is 0 Å². The van der Waals surface area contributed by atoms with E-state index in [-0.39, 0.29) is 32.0 Å². The first-order valence-corrected chi connectivity index (χ1v) is 12.2. The number of fused-ring (bicyclic) bond motifs is 1. The zero-order valence-corrected chi connectivity index (χ0v) is 20.3. The summed E-state index contributed by atoms with van der Waals surface area (Å²) < 4.78 is 32.3. The van der Waals surface area contributed by atoms with E-state index in [4.69, 9.17) is 27.9 Å². The summed E-state index contributed by atoms with van der Waals surface area (Å²) >= 11 is 12.0. The van der Waals surface area contributed by atoms with Crippen LogP contribution in [0.15, 0.2) is 47.4 Å². The Hall–Kier alpha value is -2.81. The molecule has 2 heterocycles. The smallest absolute Gasteiger partial charge is 0.342 e. The van der Waals surface area contributed by atoms with Gasteiger partial charge in [-0.3, -0.25) is 4.79 Å². The van der Waals surface area contributed by atoms with Crippen molar-refractivity contribution in [3.8, 4) is 11.3 Å². The largest absolute Gasteiger partial charge is 0.439 e. The molecule has 1 aliphatic heterocycles. The molecule has 0 radical (unpaired) electrons. The molecule has 0 saturated heterocycles. The number of carbonyl (C=O) groups excluding carboxylic acids is 2. The van der Waals surface area contributed by atoms with E-state index in [1.165, 1.54) is 18.2 Å². The van der Waals surface area contributed by atoms with Crippen molar-refractivity contribution in [2.75, 3.05) is 6.73 Å². The minimum atomic E-state index is -4.25. The normalized spacial score (nSPS) is 14.6. The van der Waals surface area contributed by atoms with Crippen molar-refractivity contribution >= 4 is 45.1 Å². The monoisotopic (exact) mass is 506 g/mol. The van der Waals surface area contributed by atoms with Crippen LogP contribution in [0.4, 0.5) is 0 Å². The van der Waals surface area contributed by atoms with Gasteiger partial charge in [-0.25, -0.2) is 13.2 Å². The summed E-state index contributed by atoms with van der Waals surface area (Å²) in [4.78, 5) is 28.8. The van der Waals surface area contributed by atoms with E-state index in [9.17, 15) is 18.0 Å². The van der Waals surface area contributed by atoms with Crippen LogP contribution in [0.5, 0.6) is 0 Å². The number of nitrogens with one attached hydrogen (secondary N) is 1. The van der Waals surface area contributed by atoms with Crippen LogP contribution in [0, 0.1) is 6.92 Å². The van der Waals surface area contributed by atoms with Crippen molar-refractivity contribution in [2.45, 2.75) is 31.6 Å². The van der Waals surface area contributed by atoms with Gasteiger partial charge in [0, 0.05) is 11.4 Å². The van der Waals surface area contributed by atoms with Gasteiger partial charge in [-0.1, -0.05) is 43.1 Å². The fourth-order valence-corrected chi connectivity index (χ4v) is 5.74. The standard InChI is InChI=1S/C23H20Cl2N2O5S/c1-12(2)15-9-14(18-8-7-13(3)26-18)10-19-20(15)22(28)27(33(19,30)31)11-32-23(29)21-16(24)5-4-6-17(21)25/h4-10,12,26H,11H2,1-3H3. The van der Waals surface area contributed by atoms with Crippen LogP contribution in [-0.2, 0) is 14.8 Å². The average Bonchev–Trinajstić information content (AvgIpc) is 3.25. The number of sulfonamides is 1. The van der Waals surface area contributed by atoms with E-state index in [0.717, 1.165) is 11.4 Å². The number of hydrogen-bond donors (Lipinski definition) is 1. The predicted octanol–water partition coefficient (Wildman–Crippen LogP) is 5.38. The van der Waals surface area contributed by atoms with Crippen molar-refractivity contribution in [1.29, 1.82) is 0 Å². The Labute approximate surface area is 201 Å². The van der Waals surface area contributed by atoms with Gasteiger partial charge in [0.25, 0.3) is 15.9 Å². The van der Waals surface area contributed by atoms with E-state index in [1.807, 2.05) is 32.9 Å². The molecule has 0 atom stereocenters. The Morgan fingerprint density at radius 1 is 1.12 bits per heavy atom. The highest BCUT2D eigenvalue weighted by Crippen LogP contribution is 2.39. The molecule has 3 aromatic rings. The maximum atomic E-state index is 13.3. The molecule has 1 aliphatic rings. The number of hydrogen-bond acceptors (Lipinski definition) is 5. The number of benzene rings is 2. The number of esters is 1. The molecule has 0 unspecified atom stereocenters. The molecule has 172 valence electrons. The molecule has 0 saturated carbocycles. The molecule has 1 aromatic heterocycles. The van der Waals surface area contributed by atoms with Crippen molar-refractivity contribution < 1.29 is 22.7 Å². The summed E-state index contributed by atoms with van der Waals surface area (Å²) in [5, 5.41) is 0.110. The zero-order valence-electron chi connectivity index (χ0n) is 18.0. The van der Waals surface area contributed by atoms with Gasteiger partial charge in [-0.15, -0.1) is 0 Å². The summed E-state index contributed by atoms with van der Waals surface area (Å²) in [5.74, 6) is -1.81. The fourth-order valence-electron chi connectivity index (χ4n) is 3.72. The Bertz CT molecular complexity index is 1380. The van der Waals surface area contributed by atoms with Gasteiger partial charge in [0.2, 0.25) is 0 Å². The Morgan fingerprint density at radius 3 is 2.36 bits per heavy atom. The van der Waals surface area contributed by atoms with E-state index in [2.05, 4.69) is 4.98 Å². The molecule has 0 fully saturated rings. The van der Waals surface area contributed by atoms with E-state index in [1.54, 1.807) is 12.1 Å². The molecule has 7 nitrogen and oxygen atoms in total. The number of halogens is 2. The SMILES string of the molecule is Cc1ccc(-c2cc(C(C)C)c3c(c2)S(=O)(=O)N(COC(=O)c2c(Cl)cccc2Cl)C3=O)[nH]1. The van der Waals surface area contributed by atoms with Crippen LogP contribution in [0.1, 0.15) is 51.7 Å². The number of aromatic nitrogens is 1. The average molecular weight is 507 g/mol. The molecule has 0 aliphatic carbocycles. The van der Waals surface area contributed by atoms with Crippen molar-refractivity contribution in [1.82, 2.24) is 9.29 Å². The predicted molar refractivity (Wildman–Crippen MR) is 125 cm³/mol. The number of nitrogens with zero attached hydrogens (tertiary/aromatic N) is 1. The van der Waals surface area contributed by atoms with Gasteiger partial charge in [0.1, 0.15) is 4.90 Å². The highest BCUT2D eigenvalue weighted by molar-refractivity contribution is 7.90. The molecule has 4 rings (SSSR count). The Kier molecular flexibility index (Phi) is 6.03. The quantitative estimate of drug-likeness (QED) is 0.468. The number of aromatic amines is 1. The lowest BCUT2D eigenvalue weighted by Crippen LogP contribution is -2.33. The lowest BCUT2D eigenvalue weighted by Gasteiger charge is -2.16. The van der Waals surface area contributed by atoms with Gasteiger partial charge in [0.15, 0.2) is 6.73 Å². The highest BCUT2D eigenvalue weighted by Gasteiger charge is 2.44. The van der Waals surface area contributed by atoms with Gasteiger partial charge in [0.05, 0.1) is 21.2 Å². The number of ether oxygens (including phenoxy) is 1. The summed E-state index contributed by atoms with van der Waals surface area (Å²) in [7, 11) is -4.25. The minimum absolute atomic E-state index is 0.0550. The third-order valence-corrected chi connectivity index (χ3v) is 7.74. The van der Waals surface area contributed by atoms with Crippen LogP contribution in [0.25, 0.3) is 11.3 Å². The van der Waals surface area contributed by atoms with Crippen LogP contribution < -0.4 is 0 Å². The molecule has 0 spiro atoms. The number of rotatable bonds is 5. The number of amides is 1. The number of aryl methyl sites for hydroxylation is 1. The van der Waals surface area contributed by atoms with Gasteiger partial charge in [-0.2, -0.15) is 4.31 Å².